The molecule has 0 aliphatic carbocycles. The van der Waals surface area contributed by atoms with E-state index < -0.39 is 11.8 Å². The van der Waals surface area contributed by atoms with Crippen molar-refractivity contribution >= 4 is 34.9 Å². The van der Waals surface area contributed by atoms with Crippen molar-refractivity contribution in [1.29, 1.82) is 0 Å². The maximum Gasteiger partial charge on any atom is 0.331 e. The number of ether oxygens (including phenoxy) is 1. The minimum Gasteiger partial charge on any atom is -0.423 e. The quantitative estimate of drug-likeness (QED) is 0.692. The van der Waals surface area contributed by atoms with E-state index in [-0.39, 0.29) is 19.0 Å². The lowest BCUT2D eigenvalue weighted by Gasteiger charge is -2.29. The van der Waals surface area contributed by atoms with Crippen molar-refractivity contribution in [1.82, 2.24) is 0 Å². The van der Waals surface area contributed by atoms with Gasteiger partial charge in [0.25, 0.3) is 0 Å². The van der Waals surface area contributed by atoms with Crippen molar-refractivity contribution in [3.8, 4) is 5.75 Å². The van der Waals surface area contributed by atoms with Crippen molar-refractivity contribution in [3.63, 3.8) is 0 Å². The van der Waals surface area contributed by atoms with Crippen LogP contribution in [0.5, 0.6) is 5.75 Å². The first kappa shape index (κ1) is 15.3. The lowest BCUT2D eigenvalue weighted by atomic mass is 10.2. The Balaban J connectivity index is 1.76. The van der Waals surface area contributed by atoms with Crippen LogP contribution < -0.4 is 15.0 Å². The molecule has 3 rings (SSSR count). The SMILES string of the molecule is O=C(CN1CC(=O)Oc2ccc(Cl)cc21)Nc1cccc(F)c1. The molecule has 0 saturated heterocycles. The summed E-state index contributed by atoms with van der Waals surface area (Å²) in [4.78, 5) is 25.3. The third kappa shape index (κ3) is 3.60. The topological polar surface area (TPSA) is 58.6 Å². The van der Waals surface area contributed by atoms with Gasteiger partial charge in [-0.25, -0.2) is 9.18 Å². The smallest absolute Gasteiger partial charge is 0.331 e. The normalized spacial score (nSPS) is 13.3. The molecule has 1 aliphatic heterocycles. The van der Waals surface area contributed by atoms with Crippen molar-refractivity contribution in [2.75, 3.05) is 23.3 Å². The lowest BCUT2D eigenvalue weighted by Crippen LogP contribution is -2.41. The third-order valence-corrected chi connectivity index (χ3v) is 3.48. The van der Waals surface area contributed by atoms with Gasteiger partial charge in [-0.2, -0.15) is 0 Å². The molecule has 0 radical (unpaired) electrons. The molecule has 0 unspecified atom stereocenters. The zero-order valence-electron chi connectivity index (χ0n) is 11.9. The molecule has 1 heterocycles. The van der Waals surface area contributed by atoms with Gasteiger partial charge in [0.15, 0.2) is 5.75 Å². The van der Waals surface area contributed by atoms with Crippen molar-refractivity contribution in [2.45, 2.75) is 0 Å². The van der Waals surface area contributed by atoms with Gasteiger partial charge in [-0.1, -0.05) is 17.7 Å². The van der Waals surface area contributed by atoms with Crippen LogP contribution in [0, 0.1) is 5.82 Å². The minimum absolute atomic E-state index is 0.0656. The summed E-state index contributed by atoms with van der Waals surface area (Å²) in [6.45, 7) is -0.150. The monoisotopic (exact) mass is 334 g/mol. The molecule has 23 heavy (non-hydrogen) atoms. The number of carbonyl (C=O) groups excluding carboxylic acids is 2. The maximum atomic E-state index is 13.1. The van der Waals surface area contributed by atoms with Crippen LogP contribution in [0.4, 0.5) is 15.8 Å². The summed E-state index contributed by atoms with van der Waals surface area (Å²) in [5.41, 5.74) is 0.910. The van der Waals surface area contributed by atoms with Gasteiger partial charge in [0.2, 0.25) is 5.91 Å². The van der Waals surface area contributed by atoms with Gasteiger partial charge in [-0.05, 0) is 36.4 Å². The Labute approximate surface area is 136 Å². The van der Waals surface area contributed by atoms with E-state index in [1.165, 1.54) is 18.2 Å². The molecule has 0 aromatic heterocycles. The van der Waals surface area contributed by atoms with Gasteiger partial charge in [0.05, 0.1) is 12.2 Å². The van der Waals surface area contributed by atoms with E-state index >= 15 is 0 Å². The van der Waals surface area contributed by atoms with Crippen LogP contribution in [0.3, 0.4) is 0 Å². The maximum absolute atomic E-state index is 13.1. The van der Waals surface area contributed by atoms with E-state index in [0.717, 1.165) is 0 Å². The van der Waals surface area contributed by atoms with E-state index in [1.54, 1.807) is 29.2 Å². The first-order valence-corrected chi connectivity index (χ1v) is 7.19. The molecule has 5 nitrogen and oxygen atoms in total. The summed E-state index contributed by atoms with van der Waals surface area (Å²) in [5.74, 6) is -0.930. The number of amides is 1. The van der Waals surface area contributed by atoms with E-state index in [1.807, 2.05) is 0 Å². The lowest BCUT2D eigenvalue weighted by molar-refractivity contribution is -0.133. The standard InChI is InChI=1S/C16H12ClFN2O3/c17-10-4-5-14-13(6-10)20(9-16(22)23-14)8-15(21)19-12-3-1-2-11(18)7-12/h1-7H,8-9H2,(H,19,21). The number of esters is 1. The van der Waals surface area contributed by atoms with E-state index in [4.69, 9.17) is 16.3 Å². The second-order valence-electron chi connectivity index (χ2n) is 5.00. The molecular formula is C16H12ClFN2O3. The first-order chi connectivity index (χ1) is 11.0. The van der Waals surface area contributed by atoms with E-state index in [9.17, 15) is 14.0 Å². The number of nitrogens with one attached hydrogen (secondary N) is 1. The highest BCUT2D eigenvalue weighted by Crippen LogP contribution is 2.34. The number of hydrogen-bond donors (Lipinski definition) is 1. The summed E-state index contributed by atoms with van der Waals surface area (Å²) in [5, 5.41) is 3.05. The zero-order valence-corrected chi connectivity index (χ0v) is 12.6. The Morgan fingerprint density at radius 1 is 1.30 bits per heavy atom. The van der Waals surface area contributed by atoms with Gasteiger partial charge >= 0.3 is 5.97 Å². The molecule has 2 aromatic rings. The molecule has 0 atom stereocenters. The van der Waals surface area contributed by atoms with Crippen molar-refractivity contribution in [3.05, 3.63) is 53.3 Å². The molecule has 0 spiro atoms. The fraction of sp³-hybridized carbons (Fsp3) is 0.125. The van der Waals surface area contributed by atoms with Crippen LogP contribution in [0.2, 0.25) is 5.02 Å². The molecule has 0 saturated carbocycles. The number of fused-ring (bicyclic) bond motifs is 1. The molecule has 7 heteroatoms. The van der Waals surface area contributed by atoms with Crippen molar-refractivity contribution in [2.24, 2.45) is 0 Å². The van der Waals surface area contributed by atoms with E-state index in [0.29, 0.717) is 22.1 Å². The Hall–Kier alpha value is -2.60. The molecule has 2 aromatic carbocycles. The molecule has 0 bridgehead atoms. The van der Waals surface area contributed by atoms with Gasteiger partial charge in [-0.15, -0.1) is 0 Å². The second-order valence-corrected chi connectivity index (χ2v) is 5.44. The molecule has 1 amide bonds. The highest BCUT2D eigenvalue weighted by atomic mass is 35.5. The Kier molecular flexibility index (Phi) is 4.16. The van der Waals surface area contributed by atoms with Crippen LogP contribution >= 0.6 is 11.6 Å². The largest absolute Gasteiger partial charge is 0.423 e. The second kappa shape index (κ2) is 6.26. The number of hydrogen-bond acceptors (Lipinski definition) is 4. The Morgan fingerprint density at radius 2 is 2.13 bits per heavy atom. The van der Waals surface area contributed by atoms with Crippen LogP contribution in [0.15, 0.2) is 42.5 Å². The minimum atomic E-state index is -0.460. The summed E-state index contributed by atoms with van der Waals surface area (Å²) in [7, 11) is 0. The first-order valence-electron chi connectivity index (χ1n) is 6.82. The highest BCUT2D eigenvalue weighted by Gasteiger charge is 2.25. The third-order valence-electron chi connectivity index (χ3n) is 3.25. The van der Waals surface area contributed by atoms with Gasteiger partial charge in [0, 0.05) is 10.7 Å². The highest BCUT2D eigenvalue weighted by molar-refractivity contribution is 6.31. The summed E-state index contributed by atoms with van der Waals surface area (Å²) < 4.78 is 18.2. The number of nitrogens with zero attached hydrogens (tertiary/aromatic N) is 1. The Bertz CT molecular complexity index is 782. The average Bonchev–Trinajstić information content (AvgIpc) is 2.48. The fourth-order valence-electron chi connectivity index (χ4n) is 2.30. The number of anilines is 2. The number of halogens is 2. The molecule has 118 valence electrons. The Morgan fingerprint density at radius 3 is 2.91 bits per heavy atom. The van der Waals surface area contributed by atoms with Crippen LogP contribution in [-0.4, -0.2) is 25.0 Å². The average molecular weight is 335 g/mol. The predicted molar refractivity (Wildman–Crippen MR) is 84.3 cm³/mol. The van der Waals surface area contributed by atoms with Gasteiger partial charge < -0.3 is 15.0 Å². The molecule has 0 fully saturated rings. The summed E-state index contributed by atoms with van der Waals surface area (Å²) >= 11 is 5.95. The predicted octanol–water partition coefficient (Wildman–Crippen LogP) is 2.84. The summed E-state index contributed by atoms with van der Waals surface area (Å²) in [6.07, 6.45) is 0. The van der Waals surface area contributed by atoms with Gasteiger partial charge in [-0.3, -0.25) is 4.79 Å². The van der Waals surface area contributed by atoms with Crippen LogP contribution in [-0.2, 0) is 9.59 Å². The zero-order chi connectivity index (χ0) is 16.4. The molecule has 1 aliphatic rings. The molecule has 1 N–H and O–H groups in total. The molecular weight excluding hydrogens is 323 g/mol. The van der Waals surface area contributed by atoms with Gasteiger partial charge in [0.1, 0.15) is 12.4 Å². The number of benzene rings is 2. The number of carbonyl (C=O) groups is 2. The van der Waals surface area contributed by atoms with Crippen LogP contribution in [0.25, 0.3) is 0 Å². The van der Waals surface area contributed by atoms with E-state index in [2.05, 4.69) is 5.32 Å². The number of rotatable bonds is 3. The van der Waals surface area contributed by atoms with Crippen LogP contribution in [0.1, 0.15) is 0 Å². The van der Waals surface area contributed by atoms with Crippen molar-refractivity contribution < 1.29 is 18.7 Å². The fourth-order valence-corrected chi connectivity index (χ4v) is 2.47. The summed E-state index contributed by atoms with van der Waals surface area (Å²) in [6, 6.07) is 10.4.